The first-order valence-electron chi connectivity index (χ1n) is 14.8. The van der Waals surface area contributed by atoms with Gasteiger partial charge in [0.15, 0.2) is 0 Å². The standard InChI is InChI=1S/C37H26N8.Pt/c1-42-23-44(35-33(42)38-17-19-40-35)27-11-7-9-25(21-27)37(31-15-5-3-13-29(31)30-14-4-6-16-32(30)37)26-10-8-12-28(22-26)45-24-43(2)34-36(45)41-20-18-39-34;/h3-20,23-24H,1-2H3;/q-4;+4. The van der Waals surface area contributed by atoms with Crippen molar-refractivity contribution in [2.45, 2.75) is 5.41 Å². The maximum Gasteiger partial charge on any atom is 4.00 e. The summed E-state index contributed by atoms with van der Waals surface area (Å²) in [5, 5.41) is 0. The molecule has 0 spiro atoms. The largest absolute Gasteiger partial charge is 4.00 e. The zero-order chi connectivity index (χ0) is 30.1. The molecule has 8 nitrogen and oxygen atoms in total. The molecule has 9 heteroatoms. The van der Waals surface area contributed by atoms with E-state index in [1.807, 2.05) is 37.2 Å². The van der Waals surface area contributed by atoms with Gasteiger partial charge in [0.1, 0.15) is 23.3 Å². The van der Waals surface area contributed by atoms with E-state index in [0.29, 0.717) is 0 Å². The molecule has 46 heavy (non-hydrogen) atoms. The summed E-state index contributed by atoms with van der Waals surface area (Å²) in [6.07, 6.45) is 6.89. The van der Waals surface area contributed by atoms with Crippen LogP contribution in [-0.2, 0) is 26.5 Å². The Morgan fingerprint density at radius 1 is 0.522 bits per heavy atom. The number of aromatic nitrogens is 4. The van der Waals surface area contributed by atoms with Crippen molar-refractivity contribution in [3.8, 4) is 11.1 Å². The van der Waals surface area contributed by atoms with E-state index in [0.717, 1.165) is 45.8 Å². The van der Waals surface area contributed by atoms with E-state index in [1.165, 1.54) is 22.3 Å². The van der Waals surface area contributed by atoms with Gasteiger partial charge < -0.3 is 19.6 Å². The number of hydrogen-bond acceptors (Lipinski definition) is 8. The molecule has 1 aliphatic carbocycles. The average Bonchev–Trinajstić information content (AvgIpc) is 3.73. The van der Waals surface area contributed by atoms with E-state index < -0.39 is 5.41 Å². The third-order valence-electron chi connectivity index (χ3n) is 8.86. The third kappa shape index (κ3) is 3.96. The molecule has 2 aliphatic heterocycles. The zero-order valence-corrected chi connectivity index (χ0v) is 27.2. The number of benzene rings is 4. The van der Waals surface area contributed by atoms with Gasteiger partial charge in [-0.3, -0.25) is 0 Å². The predicted molar refractivity (Wildman–Crippen MR) is 175 cm³/mol. The third-order valence-corrected chi connectivity index (χ3v) is 8.86. The molecule has 0 fully saturated rings. The Labute approximate surface area is 282 Å². The Balaban J connectivity index is 0.00000312. The molecule has 0 N–H and O–H groups in total. The first-order chi connectivity index (χ1) is 22.1. The summed E-state index contributed by atoms with van der Waals surface area (Å²) in [5.74, 6) is 3.16. The second kappa shape index (κ2) is 10.8. The van der Waals surface area contributed by atoms with Gasteiger partial charge in [-0.05, 0) is 36.3 Å². The van der Waals surface area contributed by atoms with Gasteiger partial charge in [-0.2, -0.15) is 48.5 Å². The zero-order valence-electron chi connectivity index (χ0n) is 24.9. The SMILES string of the molecule is CN1[CH-]N(c2[c-]c(C3(c4[c-]c(N5[CH-]N(C)c6nccnc65)ccc4)c4ccccc4-c4ccccc43)ccc2)c2nccnc21.[Pt+4]. The minimum absolute atomic E-state index is 0. The molecule has 0 atom stereocenters. The molecular weight excluding hydrogens is 752 g/mol. The Morgan fingerprint density at radius 2 is 0.935 bits per heavy atom. The maximum absolute atomic E-state index is 4.66. The molecule has 0 bridgehead atoms. The second-order valence-corrected chi connectivity index (χ2v) is 11.3. The Hall–Kier alpha value is -5.07. The minimum Gasteiger partial charge on any atom is -0.487 e. The van der Waals surface area contributed by atoms with Crippen molar-refractivity contribution in [2.75, 3.05) is 33.7 Å². The van der Waals surface area contributed by atoms with Gasteiger partial charge in [0.05, 0.1) is 0 Å². The van der Waals surface area contributed by atoms with E-state index in [9.17, 15) is 0 Å². The smallest absolute Gasteiger partial charge is 0.487 e. The second-order valence-electron chi connectivity index (χ2n) is 11.3. The first kappa shape index (κ1) is 28.4. The Bertz CT molecular complexity index is 1970. The van der Waals surface area contributed by atoms with E-state index in [1.54, 1.807) is 24.8 Å². The predicted octanol–water partition coefficient (Wildman–Crippen LogP) is 6.64. The number of nitrogens with zero attached hydrogens (tertiary/aromatic N) is 8. The topological polar surface area (TPSA) is 64.5 Å². The van der Waals surface area contributed by atoms with Gasteiger partial charge in [0, 0.05) is 30.2 Å². The van der Waals surface area contributed by atoms with Crippen LogP contribution in [0, 0.1) is 25.5 Å². The Kier molecular flexibility index (Phi) is 6.66. The molecule has 4 aromatic carbocycles. The van der Waals surface area contributed by atoms with E-state index >= 15 is 0 Å². The van der Waals surface area contributed by atoms with Gasteiger partial charge in [0.2, 0.25) is 0 Å². The molecule has 6 aromatic rings. The van der Waals surface area contributed by atoms with Crippen molar-refractivity contribution in [1.82, 2.24) is 19.9 Å². The van der Waals surface area contributed by atoms with Crippen molar-refractivity contribution < 1.29 is 21.1 Å². The van der Waals surface area contributed by atoms with Crippen LogP contribution in [0.2, 0.25) is 0 Å². The molecule has 2 aromatic heterocycles. The van der Waals surface area contributed by atoms with Gasteiger partial charge in [-0.1, -0.05) is 48.5 Å². The van der Waals surface area contributed by atoms with E-state index in [-0.39, 0.29) is 21.1 Å². The summed E-state index contributed by atoms with van der Waals surface area (Å²) in [7, 11) is 3.97. The molecule has 0 saturated carbocycles. The fourth-order valence-electron chi connectivity index (χ4n) is 6.99. The minimum atomic E-state index is -0.688. The number of rotatable bonds is 4. The van der Waals surface area contributed by atoms with Crippen LogP contribution in [0.1, 0.15) is 22.3 Å². The summed E-state index contributed by atoms with van der Waals surface area (Å²) >= 11 is 0. The number of anilines is 6. The van der Waals surface area contributed by atoms with Crippen LogP contribution in [0.15, 0.2) is 110 Å². The molecule has 224 valence electrons. The van der Waals surface area contributed by atoms with Gasteiger partial charge >= 0.3 is 21.1 Å². The van der Waals surface area contributed by atoms with Crippen molar-refractivity contribution in [3.63, 3.8) is 0 Å². The van der Waals surface area contributed by atoms with Crippen molar-refractivity contribution in [2.24, 2.45) is 0 Å². The first-order valence-corrected chi connectivity index (χ1v) is 14.8. The van der Waals surface area contributed by atoms with Gasteiger partial charge in [-0.15, -0.1) is 35.8 Å². The fraction of sp³-hybridized carbons (Fsp3) is 0.0811. The molecule has 3 aliphatic rings. The summed E-state index contributed by atoms with van der Waals surface area (Å²) in [6.45, 7) is 4.02. The summed E-state index contributed by atoms with van der Waals surface area (Å²) in [5.41, 5.74) is 7.91. The Morgan fingerprint density at radius 3 is 1.39 bits per heavy atom. The van der Waals surface area contributed by atoms with Crippen LogP contribution < -0.4 is 19.6 Å². The molecule has 9 rings (SSSR count). The van der Waals surface area contributed by atoms with Crippen LogP contribution in [0.4, 0.5) is 34.6 Å². The van der Waals surface area contributed by atoms with Crippen LogP contribution in [0.5, 0.6) is 0 Å². The molecule has 0 amide bonds. The molecule has 4 heterocycles. The molecule has 0 saturated heterocycles. The normalized spacial score (nSPS) is 15.3. The van der Waals surface area contributed by atoms with Crippen molar-refractivity contribution in [3.05, 3.63) is 157 Å². The van der Waals surface area contributed by atoms with Crippen LogP contribution in [0.3, 0.4) is 0 Å². The molecule has 0 radical (unpaired) electrons. The van der Waals surface area contributed by atoms with Crippen molar-refractivity contribution >= 4 is 34.6 Å². The molecule has 0 unspecified atom stereocenters. The fourth-order valence-corrected chi connectivity index (χ4v) is 6.99. The summed E-state index contributed by atoms with van der Waals surface area (Å²) < 4.78 is 0. The quantitative estimate of drug-likeness (QED) is 0.185. The van der Waals surface area contributed by atoms with Crippen LogP contribution >= 0.6 is 0 Å². The maximum atomic E-state index is 4.66. The van der Waals surface area contributed by atoms with Gasteiger partial charge in [0.25, 0.3) is 0 Å². The van der Waals surface area contributed by atoms with E-state index in [2.05, 4.69) is 127 Å². The van der Waals surface area contributed by atoms with Crippen LogP contribution in [-0.4, -0.2) is 34.0 Å². The van der Waals surface area contributed by atoms with Crippen molar-refractivity contribution in [1.29, 1.82) is 0 Å². The monoisotopic (exact) mass is 777 g/mol. The summed E-state index contributed by atoms with van der Waals surface area (Å²) in [4.78, 5) is 26.5. The van der Waals surface area contributed by atoms with Gasteiger partial charge in [-0.25, -0.2) is 19.9 Å². The number of fused-ring (bicyclic) bond motifs is 5. The summed E-state index contributed by atoms with van der Waals surface area (Å²) in [6, 6.07) is 37.8. The van der Waals surface area contributed by atoms with E-state index in [4.69, 9.17) is 0 Å². The number of hydrogen-bond donors (Lipinski definition) is 0. The van der Waals surface area contributed by atoms with Crippen LogP contribution in [0.25, 0.3) is 11.1 Å². The average molecular weight is 778 g/mol. The molecular formula is C37H26N8Pt.